The van der Waals surface area contributed by atoms with Gasteiger partial charge in [-0.05, 0) is 0 Å². The van der Waals surface area contributed by atoms with Crippen LogP contribution in [0.3, 0.4) is 0 Å². The Morgan fingerprint density at radius 3 is 2.07 bits per heavy atom. The Morgan fingerprint density at radius 2 is 1.79 bits per heavy atom. The van der Waals surface area contributed by atoms with Crippen LogP contribution < -0.4 is 0 Å². The summed E-state index contributed by atoms with van der Waals surface area (Å²) in [6, 6.07) is 0.271. The fourth-order valence-corrected chi connectivity index (χ4v) is 0.756. The van der Waals surface area contributed by atoms with Gasteiger partial charge in [0.2, 0.25) is 5.88 Å². The Morgan fingerprint density at radius 1 is 1.29 bits per heavy atom. The van der Waals surface area contributed by atoms with Gasteiger partial charge >= 0.3 is 12.1 Å². The zero-order valence-electron chi connectivity index (χ0n) is 6.81. The van der Waals surface area contributed by atoms with Gasteiger partial charge in [-0.15, -0.1) is 0 Å². The van der Waals surface area contributed by atoms with Crippen molar-refractivity contribution >= 4 is 0 Å². The number of aromatic hydroxyl groups is 1. The van der Waals surface area contributed by atoms with Gasteiger partial charge in [0, 0.05) is 13.1 Å². The average Bonchev–Trinajstić information content (AvgIpc) is 2.30. The van der Waals surface area contributed by atoms with Crippen molar-refractivity contribution in [2.45, 2.75) is 12.1 Å². The standard InChI is InChI=1S/C6H5F5N2O/c1-13-4(14)2-3(12-13)5(7,8)6(9,10)11/h2,14H,1H3. The van der Waals surface area contributed by atoms with Crippen molar-refractivity contribution in [3.8, 4) is 5.88 Å². The van der Waals surface area contributed by atoms with E-state index in [0.29, 0.717) is 4.68 Å². The van der Waals surface area contributed by atoms with Crippen molar-refractivity contribution in [3.05, 3.63) is 11.8 Å². The monoisotopic (exact) mass is 216 g/mol. The normalized spacial score (nSPS) is 13.3. The second-order valence-corrected chi connectivity index (χ2v) is 2.58. The molecule has 14 heavy (non-hydrogen) atoms. The molecule has 0 fully saturated rings. The van der Waals surface area contributed by atoms with Crippen LogP contribution in [0.15, 0.2) is 6.07 Å². The van der Waals surface area contributed by atoms with Gasteiger partial charge in [0.25, 0.3) is 0 Å². The molecule has 1 N–H and O–H groups in total. The minimum Gasteiger partial charge on any atom is -0.493 e. The number of aromatic nitrogens is 2. The zero-order valence-corrected chi connectivity index (χ0v) is 6.81. The molecule has 0 unspecified atom stereocenters. The van der Waals surface area contributed by atoms with Crippen LogP contribution >= 0.6 is 0 Å². The lowest BCUT2D eigenvalue weighted by molar-refractivity contribution is -0.291. The van der Waals surface area contributed by atoms with E-state index >= 15 is 0 Å². The van der Waals surface area contributed by atoms with Gasteiger partial charge in [0.05, 0.1) is 0 Å². The Hall–Kier alpha value is -1.34. The molecule has 0 bridgehead atoms. The maximum Gasteiger partial charge on any atom is 0.459 e. The van der Waals surface area contributed by atoms with E-state index in [2.05, 4.69) is 5.10 Å². The van der Waals surface area contributed by atoms with Crippen LogP contribution in [0.1, 0.15) is 5.69 Å². The summed E-state index contributed by atoms with van der Waals surface area (Å²) < 4.78 is 60.9. The summed E-state index contributed by atoms with van der Waals surface area (Å²) >= 11 is 0. The summed E-state index contributed by atoms with van der Waals surface area (Å²) in [5, 5.41) is 11.6. The van der Waals surface area contributed by atoms with Crippen molar-refractivity contribution in [2.24, 2.45) is 7.05 Å². The first-order valence-electron chi connectivity index (χ1n) is 3.34. The van der Waals surface area contributed by atoms with E-state index in [0.717, 1.165) is 7.05 Å². The zero-order chi connectivity index (χ0) is 11.1. The molecule has 0 atom stereocenters. The number of alkyl halides is 5. The highest BCUT2D eigenvalue weighted by molar-refractivity contribution is 5.19. The maximum absolute atomic E-state index is 12.5. The molecular formula is C6H5F5N2O. The topological polar surface area (TPSA) is 38.0 Å². The number of nitrogens with zero attached hydrogens (tertiary/aromatic N) is 2. The van der Waals surface area contributed by atoms with E-state index in [1.165, 1.54) is 0 Å². The van der Waals surface area contributed by atoms with Gasteiger partial charge in [0.15, 0.2) is 0 Å². The van der Waals surface area contributed by atoms with Gasteiger partial charge < -0.3 is 5.11 Å². The van der Waals surface area contributed by atoms with Gasteiger partial charge in [-0.1, -0.05) is 0 Å². The molecule has 0 aliphatic carbocycles. The Kier molecular flexibility index (Phi) is 2.17. The summed E-state index contributed by atoms with van der Waals surface area (Å²) in [5.41, 5.74) is -1.52. The van der Waals surface area contributed by atoms with Crippen molar-refractivity contribution in [2.75, 3.05) is 0 Å². The molecule has 8 heteroatoms. The minimum atomic E-state index is -5.71. The Balaban J connectivity index is 3.16. The summed E-state index contributed by atoms with van der Waals surface area (Å²) in [4.78, 5) is 0. The molecule has 1 aromatic rings. The molecule has 80 valence electrons. The summed E-state index contributed by atoms with van der Waals surface area (Å²) in [6.45, 7) is 0. The van der Waals surface area contributed by atoms with Crippen molar-refractivity contribution in [1.29, 1.82) is 0 Å². The van der Waals surface area contributed by atoms with E-state index in [1.54, 1.807) is 0 Å². The Bertz CT molecular complexity index is 323. The quantitative estimate of drug-likeness (QED) is 0.726. The third kappa shape index (κ3) is 1.51. The molecule has 0 radical (unpaired) electrons. The van der Waals surface area contributed by atoms with Crippen LogP contribution in [0, 0.1) is 0 Å². The first-order valence-corrected chi connectivity index (χ1v) is 3.34. The lowest BCUT2D eigenvalue weighted by Gasteiger charge is -2.16. The van der Waals surface area contributed by atoms with Crippen LogP contribution in [-0.2, 0) is 13.0 Å². The number of halogens is 5. The fraction of sp³-hybridized carbons (Fsp3) is 0.500. The smallest absolute Gasteiger partial charge is 0.459 e. The average molecular weight is 216 g/mol. The lowest BCUT2D eigenvalue weighted by atomic mass is 10.2. The van der Waals surface area contributed by atoms with E-state index in [4.69, 9.17) is 5.11 Å². The van der Waals surface area contributed by atoms with Gasteiger partial charge in [-0.3, -0.25) is 0 Å². The predicted octanol–water partition coefficient (Wildman–Crippen LogP) is 1.78. The third-order valence-electron chi connectivity index (χ3n) is 1.53. The molecule has 0 amide bonds. The van der Waals surface area contributed by atoms with Crippen LogP contribution in [0.5, 0.6) is 5.88 Å². The maximum atomic E-state index is 12.5. The van der Waals surface area contributed by atoms with E-state index in [-0.39, 0.29) is 6.07 Å². The third-order valence-corrected chi connectivity index (χ3v) is 1.53. The SMILES string of the molecule is Cn1nc(C(F)(F)C(F)(F)F)cc1O. The molecule has 0 saturated heterocycles. The summed E-state index contributed by atoms with van der Waals surface area (Å²) in [5.74, 6) is -5.81. The first kappa shape index (κ1) is 10.7. The van der Waals surface area contributed by atoms with Crippen LogP contribution in [-0.4, -0.2) is 21.1 Å². The van der Waals surface area contributed by atoms with Gasteiger partial charge in [0.1, 0.15) is 5.69 Å². The number of hydrogen-bond acceptors (Lipinski definition) is 2. The molecule has 0 saturated carbocycles. The highest BCUT2D eigenvalue weighted by atomic mass is 19.4. The van der Waals surface area contributed by atoms with E-state index < -0.39 is 23.7 Å². The largest absolute Gasteiger partial charge is 0.493 e. The molecule has 1 rings (SSSR count). The van der Waals surface area contributed by atoms with Crippen LogP contribution in [0.25, 0.3) is 0 Å². The Labute approximate surface area is 74.8 Å². The molecule has 0 spiro atoms. The number of rotatable bonds is 1. The molecule has 0 aliphatic rings. The second-order valence-electron chi connectivity index (χ2n) is 2.58. The first-order chi connectivity index (χ1) is 6.16. The van der Waals surface area contributed by atoms with E-state index in [9.17, 15) is 22.0 Å². The molecule has 3 nitrogen and oxygen atoms in total. The van der Waals surface area contributed by atoms with Crippen molar-refractivity contribution in [1.82, 2.24) is 9.78 Å². The minimum absolute atomic E-state index is 0.271. The molecule has 1 heterocycles. The molecule has 1 aromatic heterocycles. The lowest BCUT2D eigenvalue weighted by Crippen LogP contribution is -2.34. The van der Waals surface area contributed by atoms with Crippen molar-refractivity contribution < 1.29 is 27.1 Å². The predicted molar refractivity (Wildman–Crippen MR) is 34.8 cm³/mol. The van der Waals surface area contributed by atoms with Gasteiger partial charge in [-0.2, -0.15) is 27.1 Å². The highest BCUT2D eigenvalue weighted by Crippen LogP contribution is 2.43. The van der Waals surface area contributed by atoms with E-state index in [1.807, 2.05) is 0 Å². The second kappa shape index (κ2) is 2.82. The number of hydrogen-bond donors (Lipinski definition) is 1. The summed E-state index contributed by atoms with van der Waals surface area (Å²) in [6.07, 6.45) is -5.71. The molecule has 0 aliphatic heterocycles. The summed E-state index contributed by atoms with van der Waals surface area (Å²) in [7, 11) is 1.05. The van der Waals surface area contributed by atoms with Crippen LogP contribution in [0.2, 0.25) is 0 Å². The highest BCUT2D eigenvalue weighted by Gasteiger charge is 2.60. The molecular weight excluding hydrogens is 211 g/mol. The van der Waals surface area contributed by atoms with Gasteiger partial charge in [-0.25, -0.2) is 4.68 Å². The fourth-order valence-electron chi connectivity index (χ4n) is 0.756. The van der Waals surface area contributed by atoms with Crippen LogP contribution in [0.4, 0.5) is 22.0 Å². The molecule has 0 aromatic carbocycles. The van der Waals surface area contributed by atoms with Crippen molar-refractivity contribution in [3.63, 3.8) is 0 Å². The number of aryl methyl sites for hydroxylation is 1.